The van der Waals surface area contributed by atoms with Crippen molar-refractivity contribution in [3.8, 4) is 0 Å². The Bertz CT molecular complexity index is 218. The molecule has 0 aliphatic carbocycles. The van der Waals surface area contributed by atoms with Crippen LogP contribution < -0.4 is 11.1 Å². The van der Waals surface area contributed by atoms with Crippen LogP contribution in [0.4, 0.5) is 0 Å². The SMILES string of the molecule is CN(CC(N)=O)C1CNCCC1(C)O. The van der Waals surface area contributed by atoms with E-state index in [1.807, 2.05) is 0 Å². The van der Waals surface area contributed by atoms with Crippen molar-refractivity contribution in [2.75, 3.05) is 26.7 Å². The maximum Gasteiger partial charge on any atom is 0.231 e. The van der Waals surface area contributed by atoms with Crippen LogP contribution >= 0.6 is 0 Å². The van der Waals surface area contributed by atoms with Crippen LogP contribution in [-0.2, 0) is 4.79 Å². The van der Waals surface area contributed by atoms with Gasteiger partial charge in [0.1, 0.15) is 0 Å². The highest BCUT2D eigenvalue weighted by atomic mass is 16.3. The van der Waals surface area contributed by atoms with Crippen LogP contribution in [0, 0.1) is 0 Å². The number of primary amides is 1. The molecule has 5 heteroatoms. The van der Waals surface area contributed by atoms with E-state index in [0.717, 1.165) is 6.54 Å². The zero-order valence-corrected chi connectivity index (χ0v) is 8.79. The van der Waals surface area contributed by atoms with E-state index >= 15 is 0 Å². The molecule has 1 saturated heterocycles. The first kappa shape index (κ1) is 11.4. The minimum absolute atomic E-state index is 0.0521. The maximum absolute atomic E-state index is 10.7. The van der Waals surface area contributed by atoms with Crippen LogP contribution in [0.15, 0.2) is 0 Å². The molecule has 2 atom stereocenters. The van der Waals surface area contributed by atoms with Gasteiger partial charge in [-0.25, -0.2) is 0 Å². The molecule has 82 valence electrons. The molecule has 1 fully saturated rings. The number of nitrogens with two attached hydrogens (primary N) is 1. The van der Waals surface area contributed by atoms with Gasteiger partial charge in [-0.15, -0.1) is 0 Å². The summed E-state index contributed by atoms with van der Waals surface area (Å²) >= 11 is 0. The van der Waals surface area contributed by atoms with Crippen molar-refractivity contribution in [1.82, 2.24) is 10.2 Å². The van der Waals surface area contributed by atoms with Gasteiger partial charge in [0.15, 0.2) is 0 Å². The van der Waals surface area contributed by atoms with E-state index in [1.165, 1.54) is 0 Å². The molecule has 0 aromatic heterocycles. The Labute approximate surface area is 84.3 Å². The number of amides is 1. The lowest BCUT2D eigenvalue weighted by Crippen LogP contribution is -2.60. The fourth-order valence-electron chi connectivity index (χ4n) is 1.95. The summed E-state index contributed by atoms with van der Waals surface area (Å²) < 4.78 is 0. The van der Waals surface area contributed by atoms with E-state index in [1.54, 1.807) is 18.9 Å². The monoisotopic (exact) mass is 201 g/mol. The van der Waals surface area contributed by atoms with Gasteiger partial charge in [-0.3, -0.25) is 9.69 Å². The topological polar surface area (TPSA) is 78.6 Å². The molecule has 2 unspecified atom stereocenters. The number of nitrogens with zero attached hydrogens (tertiary/aromatic N) is 1. The Kier molecular flexibility index (Phi) is 3.47. The first-order valence-electron chi connectivity index (χ1n) is 4.85. The van der Waals surface area contributed by atoms with Gasteiger partial charge < -0.3 is 16.2 Å². The Morgan fingerprint density at radius 2 is 2.43 bits per heavy atom. The van der Waals surface area contributed by atoms with Crippen molar-refractivity contribution >= 4 is 5.91 Å². The molecule has 1 amide bonds. The average Bonchev–Trinajstić information content (AvgIpc) is 2.01. The summed E-state index contributed by atoms with van der Waals surface area (Å²) in [5, 5.41) is 13.3. The summed E-state index contributed by atoms with van der Waals surface area (Å²) in [6, 6.07) is -0.0521. The molecule has 0 saturated carbocycles. The van der Waals surface area contributed by atoms with E-state index in [-0.39, 0.29) is 18.5 Å². The number of nitrogens with one attached hydrogen (secondary N) is 1. The first-order valence-corrected chi connectivity index (χ1v) is 4.85. The number of carbonyl (C=O) groups is 1. The molecular weight excluding hydrogens is 182 g/mol. The number of rotatable bonds is 3. The molecule has 1 aliphatic heterocycles. The van der Waals surface area contributed by atoms with Crippen molar-refractivity contribution in [1.29, 1.82) is 0 Å². The van der Waals surface area contributed by atoms with Crippen molar-refractivity contribution < 1.29 is 9.90 Å². The summed E-state index contributed by atoms with van der Waals surface area (Å²) in [6.45, 7) is 3.49. The molecule has 0 radical (unpaired) electrons. The highest BCUT2D eigenvalue weighted by Gasteiger charge is 2.37. The van der Waals surface area contributed by atoms with Crippen molar-refractivity contribution in [3.05, 3.63) is 0 Å². The van der Waals surface area contributed by atoms with E-state index in [4.69, 9.17) is 5.73 Å². The fourth-order valence-corrected chi connectivity index (χ4v) is 1.95. The smallest absolute Gasteiger partial charge is 0.231 e. The second-order valence-corrected chi connectivity index (χ2v) is 4.21. The van der Waals surface area contributed by atoms with Gasteiger partial charge in [-0.2, -0.15) is 0 Å². The Morgan fingerprint density at radius 3 is 2.93 bits per heavy atom. The minimum Gasteiger partial charge on any atom is -0.388 e. The second-order valence-electron chi connectivity index (χ2n) is 4.21. The zero-order valence-electron chi connectivity index (χ0n) is 8.79. The summed E-state index contributed by atoms with van der Waals surface area (Å²) in [6.07, 6.45) is 0.695. The van der Waals surface area contributed by atoms with Gasteiger partial charge in [-0.1, -0.05) is 0 Å². The van der Waals surface area contributed by atoms with Gasteiger partial charge in [0, 0.05) is 6.54 Å². The number of hydrogen-bond donors (Lipinski definition) is 3. The quantitative estimate of drug-likeness (QED) is 0.520. The molecule has 4 N–H and O–H groups in total. The minimum atomic E-state index is -0.741. The molecule has 0 aromatic rings. The van der Waals surface area contributed by atoms with Gasteiger partial charge in [0.25, 0.3) is 0 Å². The normalized spacial score (nSPS) is 33.3. The number of aliphatic hydroxyl groups is 1. The molecule has 1 rings (SSSR count). The Balaban J connectivity index is 2.59. The Morgan fingerprint density at radius 1 is 1.79 bits per heavy atom. The lowest BCUT2D eigenvalue weighted by atomic mass is 9.88. The van der Waals surface area contributed by atoms with Crippen LogP contribution in [0.3, 0.4) is 0 Å². The van der Waals surface area contributed by atoms with E-state index in [0.29, 0.717) is 13.0 Å². The standard InChI is InChI=1S/C9H19N3O2/c1-9(14)3-4-11-5-7(9)12(2)6-8(10)13/h7,11,14H,3-6H2,1-2H3,(H2,10,13). The van der Waals surface area contributed by atoms with Gasteiger partial charge in [0.2, 0.25) is 5.91 Å². The van der Waals surface area contributed by atoms with E-state index < -0.39 is 5.60 Å². The van der Waals surface area contributed by atoms with Crippen molar-refractivity contribution in [2.24, 2.45) is 5.73 Å². The third-order valence-corrected chi connectivity index (χ3v) is 2.80. The molecule has 1 heterocycles. The summed E-state index contributed by atoms with van der Waals surface area (Å²) in [5.74, 6) is -0.367. The predicted octanol–water partition coefficient (Wildman–Crippen LogP) is -1.48. The van der Waals surface area contributed by atoms with Gasteiger partial charge in [-0.05, 0) is 26.9 Å². The molecule has 0 aromatic carbocycles. The number of likely N-dealkylation sites (N-methyl/N-ethyl adjacent to an activating group) is 1. The molecule has 0 spiro atoms. The zero-order chi connectivity index (χ0) is 10.8. The lowest BCUT2D eigenvalue weighted by Gasteiger charge is -2.42. The van der Waals surface area contributed by atoms with Crippen LogP contribution in [0.2, 0.25) is 0 Å². The largest absolute Gasteiger partial charge is 0.388 e. The third-order valence-electron chi connectivity index (χ3n) is 2.80. The van der Waals surface area contributed by atoms with Crippen molar-refractivity contribution in [2.45, 2.75) is 25.0 Å². The average molecular weight is 201 g/mol. The number of carbonyl (C=O) groups excluding carboxylic acids is 1. The highest BCUT2D eigenvalue weighted by molar-refractivity contribution is 5.75. The van der Waals surface area contributed by atoms with Crippen molar-refractivity contribution in [3.63, 3.8) is 0 Å². The molecule has 1 aliphatic rings. The number of piperidine rings is 1. The van der Waals surface area contributed by atoms with Crippen LogP contribution in [0.5, 0.6) is 0 Å². The third kappa shape index (κ3) is 2.67. The number of hydrogen-bond acceptors (Lipinski definition) is 4. The maximum atomic E-state index is 10.7. The first-order chi connectivity index (χ1) is 6.43. The lowest BCUT2D eigenvalue weighted by molar-refractivity contribution is -0.121. The Hall–Kier alpha value is -0.650. The van der Waals surface area contributed by atoms with E-state index in [2.05, 4.69) is 5.32 Å². The molecule has 0 bridgehead atoms. The molecular formula is C9H19N3O2. The van der Waals surface area contributed by atoms with Crippen LogP contribution in [0.25, 0.3) is 0 Å². The summed E-state index contributed by atoms with van der Waals surface area (Å²) in [5.41, 5.74) is 4.37. The van der Waals surface area contributed by atoms with Crippen LogP contribution in [-0.4, -0.2) is 54.2 Å². The van der Waals surface area contributed by atoms with E-state index in [9.17, 15) is 9.90 Å². The van der Waals surface area contributed by atoms with Gasteiger partial charge >= 0.3 is 0 Å². The summed E-state index contributed by atoms with van der Waals surface area (Å²) in [7, 11) is 1.80. The molecule has 5 nitrogen and oxygen atoms in total. The second kappa shape index (κ2) is 4.25. The highest BCUT2D eigenvalue weighted by Crippen LogP contribution is 2.21. The fraction of sp³-hybridized carbons (Fsp3) is 0.889. The molecule has 14 heavy (non-hydrogen) atoms. The van der Waals surface area contributed by atoms with Crippen LogP contribution in [0.1, 0.15) is 13.3 Å². The van der Waals surface area contributed by atoms with Gasteiger partial charge in [0.05, 0.1) is 18.2 Å². The summed E-state index contributed by atoms with van der Waals surface area (Å²) in [4.78, 5) is 12.5. The predicted molar refractivity (Wildman–Crippen MR) is 53.7 cm³/mol.